The Morgan fingerprint density at radius 1 is 1.17 bits per heavy atom. The summed E-state index contributed by atoms with van der Waals surface area (Å²) in [6.07, 6.45) is -10.8. The van der Waals surface area contributed by atoms with Gasteiger partial charge in [-0.2, -0.15) is 13.2 Å². The van der Waals surface area contributed by atoms with E-state index in [4.69, 9.17) is 0 Å². The number of piperidine rings is 1. The normalized spacial score (nSPS) is 32.8. The molecule has 5 atom stereocenters. The molecule has 1 fully saturated rings. The number of carbonyl (C=O) groups excluding carboxylic acids is 1. The van der Waals surface area contributed by atoms with E-state index >= 15 is 0 Å². The van der Waals surface area contributed by atoms with Gasteiger partial charge in [0.05, 0.1) is 12.6 Å². The van der Waals surface area contributed by atoms with Crippen LogP contribution in [0.3, 0.4) is 0 Å². The minimum Gasteiger partial charge on any atom is -0.395 e. The van der Waals surface area contributed by atoms with Crippen LogP contribution in [-0.2, 0) is 4.79 Å². The summed E-state index contributed by atoms with van der Waals surface area (Å²) in [5.41, 5.74) is 0. The number of aliphatic hydroxyl groups is 4. The van der Waals surface area contributed by atoms with E-state index in [-0.39, 0.29) is 19.5 Å². The Labute approximate surface area is 131 Å². The van der Waals surface area contributed by atoms with Gasteiger partial charge in [-0.3, -0.25) is 9.69 Å². The highest BCUT2D eigenvalue weighted by molar-refractivity contribution is 5.82. The van der Waals surface area contributed by atoms with Crippen LogP contribution < -0.4 is 5.32 Å². The van der Waals surface area contributed by atoms with Gasteiger partial charge in [0.2, 0.25) is 5.91 Å². The van der Waals surface area contributed by atoms with Crippen LogP contribution in [0.4, 0.5) is 13.2 Å². The summed E-state index contributed by atoms with van der Waals surface area (Å²) in [7, 11) is 0. The molecule has 0 aromatic carbocycles. The van der Waals surface area contributed by atoms with Crippen molar-refractivity contribution >= 4 is 5.91 Å². The number of aliphatic hydroxyl groups excluding tert-OH is 4. The molecule has 7 nitrogen and oxygen atoms in total. The molecule has 10 heteroatoms. The van der Waals surface area contributed by atoms with E-state index in [2.05, 4.69) is 5.32 Å². The third-order valence-electron chi connectivity index (χ3n) is 3.88. The molecule has 1 aliphatic heterocycles. The smallest absolute Gasteiger partial charge is 0.389 e. The average molecular weight is 344 g/mol. The van der Waals surface area contributed by atoms with Crippen LogP contribution in [0.2, 0.25) is 0 Å². The Kier molecular flexibility index (Phi) is 7.21. The van der Waals surface area contributed by atoms with E-state index in [1.165, 1.54) is 0 Å². The molecular formula is C13H23F3N2O5. The summed E-state index contributed by atoms with van der Waals surface area (Å²) in [6, 6.07) is -2.49. The molecule has 23 heavy (non-hydrogen) atoms. The van der Waals surface area contributed by atoms with Crippen molar-refractivity contribution in [2.24, 2.45) is 0 Å². The predicted molar refractivity (Wildman–Crippen MR) is 73.4 cm³/mol. The minimum absolute atomic E-state index is 0.223. The summed E-state index contributed by atoms with van der Waals surface area (Å²) < 4.78 is 36.9. The van der Waals surface area contributed by atoms with Crippen LogP contribution in [0.1, 0.15) is 19.8 Å². The zero-order valence-corrected chi connectivity index (χ0v) is 12.7. The van der Waals surface area contributed by atoms with Crippen LogP contribution in [0.5, 0.6) is 0 Å². The highest BCUT2D eigenvalue weighted by Crippen LogP contribution is 2.27. The maximum absolute atomic E-state index is 12.3. The first-order valence-electron chi connectivity index (χ1n) is 7.39. The summed E-state index contributed by atoms with van der Waals surface area (Å²) >= 11 is 0. The summed E-state index contributed by atoms with van der Waals surface area (Å²) in [4.78, 5) is 13.2. The second kappa shape index (κ2) is 8.25. The molecule has 136 valence electrons. The lowest BCUT2D eigenvalue weighted by atomic mass is 9.87. The standard InChI is InChI=1S/C13H23F3N2O5/c1-2-17-12(23)8-10(21)11(22)9(20)7(6-19)18(8)5-3-4-13(14,15)16/h7-11,19-22H,2-6H2,1H3,(H,17,23). The number of likely N-dealkylation sites (N-methyl/N-ethyl adjacent to an activating group) is 1. The lowest BCUT2D eigenvalue weighted by Crippen LogP contribution is -2.70. The SMILES string of the molecule is CCNC(=O)C1C(O)C(O)C(O)C(CO)N1CCCC(F)(F)F. The molecule has 1 heterocycles. The summed E-state index contributed by atoms with van der Waals surface area (Å²) in [5, 5.41) is 41.5. The van der Waals surface area contributed by atoms with Crippen LogP contribution in [0, 0.1) is 0 Å². The van der Waals surface area contributed by atoms with Gasteiger partial charge in [-0.05, 0) is 19.9 Å². The van der Waals surface area contributed by atoms with Crippen LogP contribution in [0.15, 0.2) is 0 Å². The van der Waals surface area contributed by atoms with Crippen molar-refractivity contribution in [1.29, 1.82) is 0 Å². The van der Waals surface area contributed by atoms with Gasteiger partial charge in [-0.1, -0.05) is 0 Å². The number of halogens is 3. The molecule has 1 aliphatic rings. The van der Waals surface area contributed by atoms with Gasteiger partial charge >= 0.3 is 6.18 Å². The monoisotopic (exact) mass is 344 g/mol. The minimum atomic E-state index is -4.37. The highest BCUT2D eigenvalue weighted by atomic mass is 19.4. The molecule has 5 N–H and O–H groups in total. The van der Waals surface area contributed by atoms with Crippen LogP contribution in [0.25, 0.3) is 0 Å². The number of nitrogens with zero attached hydrogens (tertiary/aromatic N) is 1. The molecule has 0 bridgehead atoms. The second-order valence-electron chi connectivity index (χ2n) is 5.52. The van der Waals surface area contributed by atoms with Crippen LogP contribution >= 0.6 is 0 Å². The van der Waals surface area contributed by atoms with E-state index in [9.17, 15) is 38.4 Å². The number of rotatable bonds is 6. The third-order valence-corrected chi connectivity index (χ3v) is 3.88. The van der Waals surface area contributed by atoms with Gasteiger partial charge in [0, 0.05) is 13.0 Å². The zero-order valence-electron chi connectivity index (χ0n) is 12.7. The lowest BCUT2D eigenvalue weighted by molar-refractivity contribution is -0.180. The molecule has 0 radical (unpaired) electrons. The lowest BCUT2D eigenvalue weighted by Gasteiger charge is -2.47. The van der Waals surface area contributed by atoms with Crippen molar-refractivity contribution in [3.8, 4) is 0 Å². The topological polar surface area (TPSA) is 113 Å². The fourth-order valence-electron chi connectivity index (χ4n) is 2.78. The Balaban J connectivity index is 2.95. The van der Waals surface area contributed by atoms with E-state index in [0.29, 0.717) is 0 Å². The Hall–Kier alpha value is -0.940. The van der Waals surface area contributed by atoms with Crippen molar-refractivity contribution in [3.05, 3.63) is 0 Å². The molecule has 1 amide bonds. The maximum Gasteiger partial charge on any atom is 0.389 e. The number of hydrogen-bond donors (Lipinski definition) is 5. The third kappa shape index (κ3) is 5.01. The van der Waals surface area contributed by atoms with Gasteiger partial charge in [-0.15, -0.1) is 0 Å². The highest BCUT2D eigenvalue weighted by Gasteiger charge is 2.50. The van der Waals surface area contributed by atoms with E-state index in [1.54, 1.807) is 6.92 Å². The molecule has 0 aromatic heterocycles. The van der Waals surface area contributed by atoms with Gasteiger partial charge in [0.25, 0.3) is 0 Å². The van der Waals surface area contributed by atoms with E-state index in [0.717, 1.165) is 4.90 Å². The summed E-state index contributed by atoms with van der Waals surface area (Å²) in [6.45, 7) is 0.900. The maximum atomic E-state index is 12.3. The number of likely N-dealkylation sites (tertiary alicyclic amines) is 1. The number of amides is 1. The number of hydrogen-bond acceptors (Lipinski definition) is 6. The fourth-order valence-corrected chi connectivity index (χ4v) is 2.78. The van der Waals surface area contributed by atoms with Crippen LogP contribution in [-0.4, -0.2) is 87.5 Å². The Morgan fingerprint density at radius 2 is 1.78 bits per heavy atom. The summed E-state index contributed by atoms with van der Waals surface area (Å²) in [5.74, 6) is -0.684. The molecule has 5 unspecified atom stereocenters. The quantitative estimate of drug-likeness (QED) is 0.405. The molecule has 0 aliphatic carbocycles. The van der Waals surface area contributed by atoms with Gasteiger partial charge < -0.3 is 25.7 Å². The molecule has 0 spiro atoms. The first kappa shape index (κ1) is 20.1. The molecule has 1 saturated heterocycles. The largest absolute Gasteiger partial charge is 0.395 e. The van der Waals surface area contributed by atoms with Crippen molar-refractivity contribution < 1.29 is 38.4 Å². The Bertz CT molecular complexity index is 396. The van der Waals surface area contributed by atoms with E-state index < -0.39 is 55.5 Å². The molecule has 1 rings (SSSR count). The first-order valence-corrected chi connectivity index (χ1v) is 7.39. The molecular weight excluding hydrogens is 321 g/mol. The zero-order chi connectivity index (χ0) is 17.8. The van der Waals surface area contributed by atoms with Gasteiger partial charge in [-0.25, -0.2) is 0 Å². The number of carbonyl (C=O) groups is 1. The van der Waals surface area contributed by atoms with Crippen molar-refractivity contribution in [1.82, 2.24) is 10.2 Å². The van der Waals surface area contributed by atoms with Gasteiger partial charge in [0.1, 0.15) is 24.4 Å². The first-order chi connectivity index (χ1) is 10.6. The Morgan fingerprint density at radius 3 is 2.26 bits per heavy atom. The fraction of sp³-hybridized carbons (Fsp3) is 0.923. The number of nitrogens with one attached hydrogen (secondary N) is 1. The van der Waals surface area contributed by atoms with Gasteiger partial charge in [0.15, 0.2) is 0 Å². The average Bonchev–Trinajstić information content (AvgIpc) is 2.44. The molecule has 0 saturated carbocycles. The second-order valence-corrected chi connectivity index (χ2v) is 5.52. The number of alkyl halides is 3. The van der Waals surface area contributed by atoms with E-state index in [1.807, 2.05) is 0 Å². The van der Waals surface area contributed by atoms with Crippen molar-refractivity contribution in [3.63, 3.8) is 0 Å². The molecule has 0 aromatic rings. The van der Waals surface area contributed by atoms with Crippen molar-refractivity contribution in [2.75, 3.05) is 19.7 Å². The van der Waals surface area contributed by atoms with Crippen molar-refractivity contribution in [2.45, 2.75) is 56.3 Å². The predicted octanol–water partition coefficient (Wildman–Crippen LogP) is -1.41.